The highest BCUT2D eigenvalue weighted by atomic mass is 16.3. The SMILES string of the molecule is c1ccc(N(c2cccc3c2oc2ccccc23)n2c3ccccc3c3c4c(ccc5c6ccccc6ccc54)ccc32)cc1. The molecule has 0 fully saturated rings. The summed E-state index contributed by atoms with van der Waals surface area (Å²) in [5.41, 5.74) is 6.07. The van der Waals surface area contributed by atoms with Gasteiger partial charge in [0.05, 0.1) is 16.7 Å². The molecule has 2 aromatic heterocycles. The number of furan rings is 1. The van der Waals surface area contributed by atoms with Gasteiger partial charge in [0, 0.05) is 21.5 Å². The molecular weight excluding hydrogens is 548 g/mol. The summed E-state index contributed by atoms with van der Waals surface area (Å²) in [6, 6.07) is 56.5. The molecule has 0 aliphatic rings. The van der Waals surface area contributed by atoms with Crippen LogP contribution in [0, 0.1) is 0 Å². The van der Waals surface area contributed by atoms with Crippen molar-refractivity contribution in [3.8, 4) is 0 Å². The molecule has 0 amide bonds. The fourth-order valence-electron chi connectivity index (χ4n) is 7.40. The molecule has 3 nitrogen and oxygen atoms in total. The molecule has 45 heavy (non-hydrogen) atoms. The second-order valence-electron chi connectivity index (χ2n) is 11.7. The molecule has 0 unspecified atom stereocenters. The Bertz CT molecular complexity index is 2770. The highest BCUT2D eigenvalue weighted by molar-refractivity contribution is 6.30. The summed E-state index contributed by atoms with van der Waals surface area (Å²) < 4.78 is 9.00. The number of anilines is 2. The average Bonchev–Trinajstić information content (AvgIpc) is 3.65. The normalized spacial score (nSPS) is 12.0. The van der Waals surface area contributed by atoms with Crippen molar-refractivity contribution in [2.45, 2.75) is 0 Å². The van der Waals surface area contributed by atoms with Crippen molar-refractivity contribution < 1.29 is 4.42 Å². The van der Waals surface area contributed by atoms with E-state index in [-0.39, 0.29) is 0 Å². The summed E-state index contributed by atoms with van der Waals surface area (Å²) in [5, 5.41) is 14.6. The van der Waals surface area contributed by atoms with Crippen molar-refractivity contribution in [2.24, 2.45) is 0 Å². The Morgan fingerprint density at radius 2 is 1.09 bits per heavy atom. The minimum Gasteiger partial charge on any atom is -0.454 e. The third-order valence-electron chi connectivity index (χ3n) is 9.33. The third-order valence-corrected chi connectivity index (χ3v) is 9.33. The number of para-hydroxylation sites is 4. The molecule has 0 saturated heterocycles. The predicted octanol–water partition coefficient (Wildman–Crippen LogP) is 11.8. The van der Waals surface area contributed by atoms with Gasteiger partial charge in [0.15, 0.2) is 5.58 Å². The number of aromatic nitrogens is 1. The Morgan fingerprint density at radius 3 is 2.00 bits per heavy atom. The van der Waals surface area contributed by atoms with Gasteiger partial charge in [-0.05, 0) is 68.7 Å². The van der Waals surface area contributed by atoms with Crippen LogP contribution in [-0.2, 0) is 0 Å². The van der Waals surface area contributed by atoms with E-state index in [9.17, 15) is 0 Å². The molecule has 10 aromatic rings. The third kappa shape index (κ3) is 3.41. The van der Waals surface area contributed by atoms with E-state index in [2.05, 4.69) is 155 Å². The predicted molar refractivity (Wildman–Crippen MR) is 190 cm³/mol. The van der Waals surface area contributed by atoms with Crippen LogP contribution in [-0.4, -0.2) is 4.68 Å². The van der Waals surface area contributed by atoms with Crippen molar-refractivity contribution >= 4 is 87.4 Å². The molecule has 210 valence electrons. The lowest BCUT2D eigenvalue weighted by Crippen LogP contribution is -2.24. The van der Waals surface area contributed by atoms with E-state index in [4.69, 9.17) is 4.42 Å². The lowest BCUT2D eigenvalue weighted by Gasteiger charge is -2.28. The summed E-state index contributed by atoms with van der Waals surface area (Å²) in [6.07, 6.45) is 0. The Morgan fingerprint density at radius 1 is 0.400 bits per heavy atom. The van der Waals surface area contributed by atoms with Gasteiger partial charge in [-0.1, -0.05) is 121 Å². The van der Waals surface area contributed by atoms with Crippen molar-refractivity contribution in [2.75, 3.05) is 5.01 Å². The summed E-state index contributed by atoms with van der Waals surface area (Å²) in [5.74, 6) is 0. The quantitative estimate of drug-likeness (QED) is 0.196. The van der Waals surface area contributed by atoms with Crippen molar-refractivity contribution in [1.29, 1.82) is 0 Å². The molecule has 0 aliphatic carbocycles. The van der Waals surface area contributed by atoms with E-state index in [1.807, 2.05) is 12.1 Å². The maximum Gasteiger partial charge on any atom is 0.161 e. The monoisotopic (exact) mass is 574 g/mol. The van der Waals surface area contributed by atoms with Gasteiger partial charge in [-0.2, -0.15) is 0 Å². The number of fused-ring (bicyclic) bond motifs is 12. The van der Waals surface area contributed by atoms with Gasteiger partial charge in [0.1, 0.15) is 11.3 Å². The van der Waals surface area contributed by atoms with Gasteiger partial charge in [-0.3, -0.25) is 0 Å². The van der Waals surface area contributed by atoms with Crippen LogP contribution in [0.15, 0.2) is 162 Å². The van der Waals surface area contributed by atoms with E-state index in [1.54, 1.807) is 0 Å². The Hall–Kier alpha value is -6.06. The van der Waals surface area contributed by atoms with E-state index in [1.165, 1.54) is 43.1 Å². The molecule has 0 bridgehead atoms. The first-order valence-corrected chi connectivity index (χ1v) is 15.4. The molecule has 0 saturated carbocycles. The van der Waals surface area contributed by atoms with Crippen LogP contribution >= 0.6 is 0 Å². The molecule has 10 rings (SSSR count). The molecule has 0 spiro atoms. The Labute approximate surface area is 258 Å². The first-order chi connectivity index (χ1) is 22.3. The van der Waals surface area contributed by atoms with E-state index in [0.29, 0.717) is 0 Å². The largest absolute Gasteiger partial charge is 0.454 e. The van der Waals surface area contributed by atoms with Crippen molar-refractivity contribution in [3.05, 3.63) is 158 Å². The highest BCUT2D eigenvalue weighted by Gasteiger charge is 2.24. The van der Waals surface area contributed by atoms with Gasteiger partial charge >= 0.3 is 0 Å². The minimum atomic E-state index is 0.867. The first-order valence-electron chi connectivity index (χ1n) is 15.4. The number of rotatable bonds is 3. The van der Waals surface area contributed by atoms with Gasteiger partial charge < -0.3 is 4.42 Å². The highest BCUT2D eigenvalue weighted by Crippen LogP contribution is 2.44. The number of nitrogens with zero attached hydrogens (tertiary/aromatic N) is 2. The zero-order chi connectivity index (χ0) is 29.5. The average molecular weight is 575 g/mol. The zero-order valence-electron chi connectivity index (χ0n) is 24.3. The van der Waals surface area contributed by atoms with Crippen molar-refractivity contribution in [1.82, 2.24) is 4.68 Å². The number of benzene rings is 8. The van der Waals surface area contributed by atoms with Gasteiger partial charge in [-0.15, -0.1) is 0 Å². The summed E-state index contributed by atoms with van der Waals surface area (Å²) >= 11 is 0. The fourth-order valence-corrected chi connectivity index (χ4v) is 7.40. The number of hydrogen-bond acceptors (Lipinski definition) is 2. The van der Waals surface area contributed by atoms with Crippen LogP contribution in [0.3, 0.4) is 0 Å². The van der Waals surface area contributed by atoms with Crippen LogP contribution < -0.4 is 5.01 Å². The summed E-state index contributed by atoms with van der Waals surface area (Å²) in [4.78, 5) is 0. The zero-order valence-corrected chi connectivity index (χ0v) is 24.3. The first kappa shape index (κ1) is 24.4. The fraction of sp³-hybridized carbons (Fsp3) is 0. The lowest BCUT2D eigenvalue weighted by molar-refractivity contribution is 0.666. The van der Waals surface area contributed by atoms with Crippen LogP contribution in [0.4, 0.5) is 11.4 Å². The second-order valence-corrected chi connectivity index (χ2v) is 11.7. The van der Waals surface area contributed by atoms with Crippen LogP contribution in [0.5, 0.6) is 0 Å². The molecule has 0 radical (unpaired) electrons. The van der Waals surface area contributed by atoms with Gasteiger partial charge in [0.25, 0.3) is 0 Å². The minimum absolute atomic E-state index is 0.867. The van der Waals surface area contributed by atoms with Crippen LogP contribution in [0.1, 0.15) is 0 Å². The summed E-state index contributed by atoms with van der Waals surface area (Å²) in [7, 11) is 0. The van der Waals surface area contributed by atoms with E-state index >= 15 is 0 Å². The topological polar surface area (TPSA) is 21.3 Å². The standard InChI is InChI=1S/C42H26N2O/c1-2-12-29(13-3-1)43(38-19-10-17-34-32-15-7-9-20-39(32)45-42(34)38)44-36-18-8-6-16-35(36)41-37(44)26-23-28-22-24-31-30-14-5-4-11-27(30)21-25-33(31)40(28)41/h1-26H. The maximum atomic E-state index is 6.62. The van der Waals surface area contributed by atoms with Crippen molar-refractivity contribution in [3.63, 3.8) is 0 Å². The van der Waals surface area contributed by atoms with Gasteiger partial charge in [0.2, 0.25) is 0 Å². The Kier molecular flexibility index (Phi) is 5.00. The maximum absolute atomic E-state index is 6.62. The van der Waals surface area contributed by atoms with Crippen LogP contribution in [0.25, 0.3) is 76.1 Å². The molecule has 0 atom stereocenters. The smallest absolute Gasteiger partial charge is 0.161 e. The van der Waals surface area contributed by atoms with Gasteiger partial charge in [-0.25, -0.2) is 9.69 Å². The number of hydrogen-bond donors (Lipinski definition) is 0. The molecule has 8 aromatic carbocycles. The lowest BCUT2D eigenvalue weighted by atomic mass is 9.94. The Balaban J connectivity index is 1.38. The molecule has 2 heterocycles. The molecule has 3 heteroatoms. The molecule has 0 aliphatic heterocycles. The summed E-state index contributed by atoms with van der Waals surface area (Å²) in [6.45, 7) is 0. The van der Waals surface area contributed by atoms with E-state index in [0.717, 1.165) is 44.3 Å². The van der Waals surface area contributed by atoms with E-state index < -0.39 is 0 Å². The van der Waals surface area contributed by atoms with Crippen LogP contribution in [0.2, 0.25) is 0 Å². The second kappa shape index (κ2) is 9.22. The molecule has 0 N–H and O–H groups in total. The molecular formula is C42H26N2O.